The first-order valence-corrected chi connectivity index (χ1v) is 8.15. The molecule has 0 amide bonds. The van der Waals surface area contributed by atoms with Gasteiger partial charge in [0, 0.05) is 16.2 Å². The third-order valence-corrected chi connectivity index (χ3v) is 4.82. The van der Waals surface area contributed by atoms with Crippen LogP contribution in [0.25, 0.3) is 0 Å². The lowest BCUT2D eigenvalue weighted by Crippen LogP contribution is -2.32. The van der Waals surface area contributed by atoms with Gasteiger partial charge in [-0.05, 0) is 60.3 Å². The van der Waals surface area contributed by atoms with Gasteiger partial charge in [-0.25, -0.2) is 0 Å². The van der Waals surface area contributed by atoms with E-state index in [-0.39, 0.29) is 11.9 Å². The minimum Gasteiger partial charge on any atom is -0.466 e. The molecule has 1 aromatic rings. The number of carbonyl (C=O) groups excluding carboxylic acids is 1. The average molecular weight is 361 g/mol. The van der Waals surface area contributed by atoms with Crippen molar-refractivity contribution in [2.45, 2.75) is 38.6 Å². The Kier molecular flexibility index (Phi) is 5.73. The van der Waals surface area contributed by atoms with Gasteiger partial charge in [-0.3, -0.25) is 4.79 Å². The maximum Gasteiger partial charge on any atom is 0.308 e. The Hall–Kier alpha value is -0.740. The average Bonchev–Trinajstić information content (AvgIpc) is 2.43. The van der Waals surface area contributed by atoms with E-state index in [9.17, 15) is 4.79 Å². The smallest absolute Gasteiger partial charge is 0.308 e. The molecule has 2 unspecified atom stereocenters. The van der Waals surface area contributed by atoms with E-state index in [1.54, 1.807) is 0 Å². The zero-order valence-electron chi connectivity index (χ0n) is 11.5. The summed E-state index contributed by atoms with van der Waals surface area (Å²) in [7, 11) is 0. The molecule has 0 aromatic heterocycles. The summed E-state index contributed by atoms with van der Waals surface area (Å²) in [6.07, 6.45) is 3.87. The summed E-state index contributed by atoms with van der Waals surface area (Å²) in [6, 6.07) is 6.12. The summed E-state index contributed by atoms with van der Waals surface area (Å²) in [4.78, 5) is 11.8. The summed E-state index contributed by atoms with van der Waals surface area (Å²) in [6.45, 7) is 2.30. The molecule has 2 rings (SSSR count). The van der Waals surface area contributed by atoms with Gasteiger partial charge in [-0.1, -0.05) is 18.0 Å². The Bertz CT molecular complexity index is 481. The third-order valence-electron chi connectivity index (χ3n) is 3.58. The molecule has 0 heterocycles. The van der Waals surface area contributed by atoms with Crippen molar-refractivity contribution in [2.75, 3.05) is 11.9 Å². The second kappa shape index (κ2) is 7.32. The van der Waals surface area contributed by atoms with Gasteiger partial charge in [0.05, 0.1) is 17.5 Å². The highest BCUT2D eigenvalue weighted by molar-refractivity contribution is 9.10. The molecule has 0 radical (unpaired) electrons. The van der Waals surface area contributed by atoms with E-state index in [1.807, 2.05) is 25.1 Å². The zero-order valence-corrected chi connectivity index (χ0v) is 13.8. The highest BCUT2D eigenvalue weighted by Gasteiger charge is 2.28. The largest absolute Gasteiger partial charge is 0.466 e. The summed E-state index contributed by atoms with van der Waals surface area (Å²) in [5.74, 6) is -0.0417. The molecule has 1 saturated carbocycles. The predicted molar refractivity (Wildman–Crippen MR) is 85.2 cm³/mol. The number of rotatable bonds is 4. The molecule has 5 heteroatoms. The summed E-state index contributed by atoms with van der Waals surface area (Å²) >= 11 is 9.47. The fourth-order valence-corrected chi connectivity index (χ4v) is 3.04. The van der Waals surface area contributed by atoms with Gasteiger partial charge in [0.1, 0.15) is 0 Å². The number of nitrogens with one attached hydrogen (secondary N) is 1. The number of anilines is 1. The van der Waals surface area contributed by atoms with Crippen LogP contribution in [0.1, 0.15) is 32.6 Å². The molecular weight excluding hydrogens is 342 g/mol. The molecule has 20 heavy (non-hydrogen) atoms. The zero-order chi connectivity index (χ0) is 14.5. The van der Waals surface area contributed by atoms with Crippen molar-refractivity contribution in [3.8, 4) is 0 Å². The minimum atomic E-state index is -0.0622. The second-order valence-electron chi connectivity index (χ2n) is 5.09. The molecule has 2 atom stereocenters. The highest BCUT2D eigenvalue weighted by atomic mass is 79.9. The Morgan fingerprint density at radius 3 is 3.00 bits per heavy atom. The third kappa shape index (κ3) is 4.13. The second-order valence-corrected chi connectivity index (χ2v) is 6.35. The number of halogens is 2. The quantitative estimate of drug-likeness (QED) is 0.795. The lowest BCUT2D eigenvalue weighted by Gasteiger charge is -2.29. The van der Waals surface area contributed by atoms with Crippen molar-refractivity contribution < 1.29 is 9.53 Å². The molecule has 1 fully saturated rings. The lowest BCUT2D eigenvalue weighted by atomic mass is 9.85. The Morgan fingerprint density at radius 1 is 1.50 bits per heavy atom. The number of carbonyl (C=O) groups is 1. The van der Waals surface area contributed by atoms with Crippen molar-refractivity contribution in [2.24, 2.45) is 5.92 Å². The maximum atomic E-state index is 11.8. The molecule has 0 aliphatic heterocycles. The summed E-state index contributed by atoms with van der Waals surface area (Å²) < 4.78 is 6.01. The first-order chi connectivity index (χ1) is 9.60. The van der Waals surface area contributed by atoms with E-state index >= 15 is 0 Å². The van der Waals surface area contributed by atoms with Crippen LogP contribution in [-0.2, 0) is 9.53 Å². The van der Waals surface area contributed by atoms with Crippen molar-refractivity contribution in [3.05, 3.63) is 27.7 Å². The Morgan fingerprint density at radius 2 is 2.30 bits per heavy atom. The topological polar surface area (TPSA) is 38.3 Å². The highest BCUT2D eigenvalue weighted by Crippen LogP contribution is 2.30. The van der Waals surface area contributed by atoms with Crippen LogP contribution in [0.2, 0.25) is 5.02 Å². The monoisotopic (exact) mass is 359 g/mol. The van der Waals surface area contributed by atoms with Crippen molar-refractivity contribution in [1.29, 1.82) is 0 Å². The van der Waals surface area contributed by atoms with Crippen LogP contribution < -0.4 is 5.32 Å². The van der Waals surface area contributed by atoms with Crippen LogP contribution >= 0.6 is 27.5 Å². The fourth-order valence-electron chi connectivity index (χ4n) is 2.62. The first kappa shape index (κ1) is 15.6. The van der Waals surface area contributed by atoms with Gasteiger partial charge < -0.3 is 10.1 Å². The molecule has 110 valence electrons. The van der Waals surface area contributed by atoms with E-state index in [2.05, 4.69) is 21.2 Å². The molecule has 3 nitrogen and oxygen atoms in total. The number of esters is 1. The minimum absolute atomic E-state index is 0.0205. The van der Waals surface area contributed by atoms with Crippen LogP contribution in [0, 0.1) is 5.92 Å². The Labute approximate surface area is 133 Å². The van der Waals surface area contributed by atoms with E-state index in [0.29, 0.717) is 17.7 Å². The van der Waals surface area contributed by atoms with E-state index in [0.717, 1.165) is 35.8 Å². The predicted octanol–water partition coefficient (Wildman–Crippen LogP) is 4.64. The Balaban J connectivity index is 1.95. The molecule has 0 spiro atoms. The SMILES string of the molecule is CCOC(=O)C1CCCC(Nc2ccc(Br)c(Cl)c2)C1. The number of benzene rings is 1. The van der Waals surface area contributed by atoms with Crippen LogP contribution in [-0.4, -0.2) is 18.6 Å². The van der Waals surface area contributed by atoms with Gasteiger partial charge in [-0.15, -0.1) is 0 Å². The fraction of sp³-hybridized carbons (Fsp3) is 0.533. The summed E-state index contributed by atoms with van der Waals surface area (Å²) in [5, 5.41) is 4.15. The maximum absolute atomic E-state index is 11.8. The number of hydrogen-bond donors (Lipinski definition) is 1. The summed E-state index contributed by atoms with van der Waals surface area (Å²) in [5.41, 5.74) is 0.993. The number of hydrogen-bond acceptors (Lipinski definition) is 3. The van der Waals surface area contributed by atoms with Crippen molar-refractivity contribution in [1.82, 2.24) is 0 Å². The lowest BCUT2D eigenvalue weighted by molar-refractivity contribution is -0.149. The van der Waals surface area contributed by atoms with Crippen LogP contribution in [0.5, 0.6) is 0 Å². The normalized spacial score (nSPS) is 22.4. The van der Waals surface area contributed by atoms with E-state index in [4.69, 9.17) is 16.3 Å². The van der Waals surface area contributed by atoms with Crippen LogP contribution in [0.15, 0.2) is 22.7 Å². The molecule has 1 aliphatic carbocycles. The van der Waals surface area contributed by atoms with Gasteiger partial charge >= 0.3 is 5.97 Å². The first-order valence-electron chi connectivity index (χ1n) is 6.98. The van der Waals surface area contributed by atoms with Crippen LogP contribution in [0.4, 0.5) is 5.69 Å². The van der Waals surface area contributed by atoms with Crippen LogP contribution in [0.3, 0.4) is 0 Å². The molecule has 1 aliphatic rings. The van der Waals surface area contributed by atoms with Gasteiger partial charge in [-0.2, -0.15) is 0 Å². The van der Waals surface area contributed by atoms with Gasteiger partial charge in [0.15, 0.2) is 0 Å². The van der Waals surface area contributed by atoms with E-state index < -0.39 is 0 Å². The standard InChI is InChI=1S/C15H19BrClNO2/c1-2-20-15(19)10-4-3-5-11(8-10)18-12-6-7-13(16)14(17)9-12/h6-7,9-11,18H,2-5,8H2,1H3. The molecule has 0 saturated heterocycles. The van der Waals surface area contributed by atoms with Gasteiger partial charge in [0.25, 0.3) is 0 Å². The molecular formula is C15H19BrClNO2. The van der Waals surface area contributed by atoms with Crippen molar-refractivity contribution in [3.63, 3.8) is 0 Å². The van der Waals surface area contributed by atoms with E-state index in [1.165, 1.54) is 0 Å². The number of ether oxygens (including phenoxy) is 1. The van der Waals surface area contributed by atoms with Crippen molar-refractivity contribution >= 4 is 39.2 Å². The molecule has 1 N–H and O–H groups in total. The molecule has 1 aromatic carbocycles. The van der Waals surface area contributed by atoms with Gasteiger partial charge in [0.2, 0.25) is 0 Å². The molecule has 0 bridgehead atoms.